The number of alkyl carbamates (subject to hydrolysis) is 2. The first kappa shape index (κ1) is 68.4. The Bertz CT molecular complexity index is 1630. The molecule has 7 fully saturated rings. The van der Waals surface area contributed by atoms with Crippen molar-refractivity contribution >= 4 is 18.2 Å². The highest BCUT2D eigenvalue weighted by atomic mass is 16.6. The lowest BCUT2D eigenvalue weighted by Gasteiger charge is -2.61. The van der Waals surface area contributed by atoms with Crippen LogP contribution < -0.4 is 10.6 Å². The summed E-state index contributed by atoms with van der Waals surface area (Å²) in [6.45, 7) is 9.10. The van der Waals surface area contributed by atoms with E-state index in [0.29, 0.717) is 56.4 Å². The number of carbonyl (C=O) groups is 3. The van der Waals surface area contributed by atoms with Crippen LogP contribution in [0.2, 0.25) is 0 Å². The molecule has 0 radical (unpaired) electrons. The van der Waals surface area contributed by atoms with Crippen molar-refractivity contribution in [1.29, 1.82) is 0 Å². The topological polar surface area (TPSA) is 119 Å². The summed E-state index contributed by atoms with van der Waals surface area (Å²) in [4.78, 5) is 45.3. The minimum atomic E-state index is -0.408. The van der Waals surface area contributed by atoms with E-state index >= 15 is 0 Å². The number of fused-ring (bicyclic) bond motifs is 6. The molecule has 480 valence electrons. The Hall–Kier alpha value is -2.11. The maximum Gasteiger partial charge on any atom is 0.407 e. The van der Waals surface area contributed by atoms with E-state index in [1.807, 2.05) is 0 Å². The smallest absolute Gasteiger partial charge is 0.407 e. The first-order valence-electron chi connectivity index (χ1n) is 37.1. The third-order valence-electron chi connectivity index (χ3n) is 22.2. The molecule has 10 atom stereocenters. The normalized spacial score (nSPS) is 29.2. The predicted octanol–water partition coefficient (Wildman–Crippen LogP) is 18.7. The van der Waals surface area contributed by atoms with E-state index in [4.69, 9.17) is 18.9 Å². The molecule has 7 aliphatic rings. The zero-order valence-corrected chi connectivity index (χ0v) is 54.1. The largest absolute Gasteiger partial charge is 0.458 e. The molecule has 0 bridgehead atoms. The van der Waals surface area contributed by atoms with Crippen LogP contribution >= 0.6 is 0 Å². The lowest BCUT2D eigenvalue weighted by atomic mass is 9.54. The summed E-state index contributed by atoms with van der Waals surface area (Å²) >= 11 is 0. The summed E-state index contributed by atoms with van der Waals surface area (Å²) in [5.74, 6) is 0.968. The summed E-state index contributed by atoms with van der Waals surface area (Å²) in [6.07, 6.45) is 62.5. The SMILES string of the molecule is CCCCCCCCCCCCCCCCCCNC(=O)OCCC1CCCCN1C1CCC2C(C1)OC1CC(N3CCCCC3CCOC(=O)NCCCCCCCCCCCCCCCCCC)CCC1C21OC(=O)C2CCCCC21. The number of carbonyl (C=O) groups excluding carboxylic acids is 3. The lowest BCUT2D eigenvalue weighted by Crippen LogP contribution is -2.67. The van der Waals surface area contributed by atoms with E-state index in [9.17, 15) is 14.4 Å². The second-order valence-corrected chi connectivity index (χ2v) is 28.2. The standard InChI is InChI=1S/C72H130N4O7/c1-3-5-7-9-11-13-15-17-19-21-23-25-27-29-31-37-51-73-70(78)80-55-49-59-41-35-39-53-75(59)61-45-47-65-67(57-61)82-68-58-62(46-48-66(68)72(65)64-44-34-33-43-63(64)69(77)83-72)76-54-40-36-42-60(76)50-56-81-71(79)74-52-38-32-30-28-26-24-22-20-18-16-14-12-10-8-6-4-2/h59-68H,3-58H2,1-2H3,(H,73,78)(H,74,79). The molecule has 2 N–H and O–H groups in total. The van der Waals surface area contributed by atoms with Gasteiger partial charge in [-0.3, -0.25) is 14.6 Å². The number of piperidine rings is 2. The first-order chi connectivity index (χ1) is 40.9. The van der Waals surface area contributed by atoms with Crippen LogP contribution in [0.1, 0.15) is 335 Å². The summed E-state index contributed by atoms with van der Waals surface area (Å²) < 4.78 is 26.3. The van der Waals surface area contributed by atoms with Crippen LogP contribution in [-0.2, 0) is 23.7 Å². The highest BCUT2D eigenvalue weighted by Gasteiger charge is 2.69. The molecule has 4 saturated heterocycles. The molecule has 10 unspecified atom stereocenters. The Kier molecular flexibility index (Phi) is 33.3. The highest BCUT2D eigenvalue weighted by molar-refractivity contribution is 5.76. The van der Waals surface area contributed by atoms with Crippen LogP contribution in [-0.4, -0.2) is 109 Å². The van der Waals surface area contributed by atoms with Gasteiger partial charge in [-0.1, -0.05) is 232 Å². The number of esters is 1. The summed E-state index contributed by atoms with van der Waals surface area (Å²) in [7, 11) is 0. The fourth-order valence-electron chi connectivity index (χ4n) is 17.7. The maximum atomic E-state index is 14.1. The van der Waals surface area contributed by atoms with Crippen LogP contribution in [0.4, 0.5) is 9.59 Å². The molecule has 2 amide bonds. The van der Waals surface area contributed by atoms with Gasteiger partial charge < -0.3 is 29.6 Å². The van der Waals surface area contributed by atoms with Crippen molar-refractivity contribution in [2.24, 2.45) is 23.7 Å². The van der Waals surface area contributed by atoms with Crippen molar-refractivity contribution in [3.05, 3.63) is 0 Å². The summed E-state index contributed by atoms with van der Waals surface area (Å²) in [6, 6.07) is 1.67. The average molecular weight is 1160 g/mol. The highest BCUT2D eigenvalue weighted by Crippen LogP contribution is 2.62. The Morgan fingerprint density at radius 3 is 1.20 bits per heavy atom. The van der Waals surface area contributed by atoms with E-state index in [1.165, 1.54) is 225 Å². The van der Waals surface area contributed by atoms with E-state index in [1.54, 1.807) is 0 Å². The van der Waals surface area contributed by atoms with Crippen LogP contribution in [0.15, 0.2) is 0 Å². The predicted molar refractivity (Wildman–Crippen MR) is 341 cm³/mol. The molecule has 11 nitrogen and oxygen atoms in total. The van der Waals surface area contributed by atoms with Gasteiger partial charge in [-0.25, -0.2) is 9.59 Å². The molecule has 4 heterocycles. The summed E-state index contributed by atoms with van der Waals surface area (Å²) in [5.41, 5.74) is -0.408. The van der Waals surface area contributed by atoms with E-state index in [-0.39, 0.29) is 48.1 Å². The van der Waals surface area contributed by atoms with Gasteiger partial charge >= 0.3 is 18.2 Å². The Balaban J connectivity index is 0.794. The molecule has 1 spiro atoms. The third-order valence-corrected chi connectivity index (χ3v) is 22.2. The molecular weight excluding hydrogens is 1030 g/mol. The van der Waals surface area contributed by atoms with Crippen molar-refractivity contribution in [2.75, 3.05) is 39.4 Å². The van der Waals surface area contributed by atoms with Gasteiger partial charge in [-0.15, -0.1) is 0 Å². The van der Waals surface area contributed by atoms with Gasteiger partial charge in [0.15, 0.2) is 0 Å². The van der Waals surface area contributed by atoms with Crippen LogP contribution in [0.3, 0.4) is 0 Å². The number of nitrogens with one attached hydrogen (secondary N) is 2. The van der Waals surface area contributed by atoms with Crippen molar-refractivity contribution in [3.8, 4) is 0 Å². The molecule has 4 aliphatic heterocycles. The van der Waals surface area contributed by atoms with Gasteiger partial charge in [0.25, 0.3) is 0 Å². The fourth-order valence-corrected chi connectivity index (χ4v) is 17.7. The van der Waals surface area contributed by atoms with Gasteiger partial charge in [-0.05, 0) is 116 Å². The number of hydrogen-bond acceptors (Lipinski definition) is 9. The third kappa shape index (κ3) is 22.8. The number of likely N-dealkylation sites (tertiary alicyclic amines) is 2. The van der Waals surface area contributed by atoms with E-state index < -0.39 is 5.60 Å². The number of nitrogens with zero attached hydrogens (tertiary/aromatic N) is 2. The zero-order chi connectivity index (χ0) is 58.0. The molecule has 0 aromatic rings. The molecular formula is C72H130N4O7. The number of unbranched alkanes of at least 4 members (excludes halogenated alkanes) is 30. The number of amides is 2. The maximum absolute atomic E-state index is 14.1. The van der Waals surface area contributed by atoms with Gasteiger partial charge in [0.1, 0.15) is 5.60 Å². The van der Waals surface area contributed by atoms with Gasteiger partial charge in [0.05, 0.1) is 31.3 Å². The van der Waals surface area contributed by atoms with Crippen molar-refractivity contribution in [1.82, 2.24) is 20.4 Å². The summed E-state index contributed by atoms with van der Waals surface area (Å²) in [5, 5.41) is 6.11. The zero-order valence-electron chi connectivity index (χ0n) is 54.1. The molecule has 11 heteroatoms. The minimum Gasteiger partial charge on any atom is -0.458 e. The lowest BCUT2D eigenvalue weighted by molar-refractivity contribution is -0.265. The second kappa shape index (κ2) is 40.4. The monoisotopic (exact) mass is 1160 g/mol. The first-order valence-corrected chi connectivity index (χ1v) is 37.1. The fraction of sp³-hybridized carbons (Fsp3) is 0.958. The molecule has 0 aromatic carbocycles. The van der Waals surface area contributed by atoms with Gasteiger partial charge in [0, 0.05) is 55.0 Å². The number of rotatable bonds is 42. The van der Waals surface area contributed by atoms with E-state index in [0.717, 1.165) is 109 Å². The quantitative estimate of drug-likeness (QED) is 0.0350. The molecule has 83 heavy (non-hydrogen) atoms. The molecule has 3 aliphatic carbocycles. The Morgan fingerprint density at radius 2 is 0.807 bits per heavy atom. The minimum absolute atomic E-state index is 0.0498. The van der Waals surface area contributed by atoms with Crippen LogP contribution in [0.5, 0.6) is 0 Å². The number of ether oxygens (including phenoxy) is 4. The second-order valence-electron chi connectivity index (χ2n) is 28.2. The van der Waals surface area contributed by atoms with Crippen LogP contribution in [0, 0.1) is 23.7 Å². The number of hydrogen-bond donors (Lipinski definition) is 2. The van der Waals surface area contributed by atoms with Crippen molar-refractivity contribution < 1.29 is 33.3 Å². The van der Waals surface area contributed by atoms with Crippen molar-refractivity contribution in [2.45, 2.75) is 377 Å². The molecule has 0 aromatic heterocycles. The van der Waals surface area contributed by atoms with Crippen LogP contribution in [0.25, 0.3) is 0 Å². The Labute approximate surface area is 509 Å². The molecule has 3 saturated carbocycles. The average Bonchev–Trinajstić information content (AvgIpc) is 3.02. The van der Waals surface area contributed by atoms with Gasteiger partial charge in [-0.2, -0.15) is 0 Å². The van der Waals surface area contributed by atoms with E-state index in [2.05, 4.69) is 34.3 Å². The molecule has 7 rings (SSSR count). The van der Waals surface area contributed by atoms with Crippen molar-refractivity contribution in [3.63, 3.8) is 0 Å². The Morgan fingerprint density at radius 1 is 0.446 bits per heavy atom. The van der Waals surface area contributed by atoms with Gasteiger partial charge in [0.2, 0.25) is 0 Å².